The van der Waals surface area contributed by atoms with E-state index in [-0.39, 0.29) is 11.9 Å². The maximum Gasteiger partial charge on any atom is 0.217 e. The van der Waals surface area contributed by atoms with E-state index in [4.69, 9.17) is 14.2 Å². The maximum absolute atomic E-state index is 11.6. The molecule has 0 aromatic heterocycles. The molecular weight excluding hydrogens is 318 g/mol. The Morgan fingerprint density at radius 1 is 1.20 bits per heavy atom. The van der Waals surface area contributed by atoms with E-state index in [1.54, 1.807) is 21.3 Å². The molecule has 1 aliphatic carbocycles. The van der Waals surface area contributed by atoms with E-state index in [1.807, 2.05) is 24.3 Å². The van der Waals surface area contributed by atoms with Gasteiger partial charge in [-0.05, 0) is 47.7 Å². The van der Waals surface area contributed by atoms with Crippen LogP contribution in [0.3, 0.4) is 0 Å². The number of ether oxygens (including phenoxy) is 3. The van der Waals surface area contributed by atoms with Gasteiger partial charge in [0.2, 0.25) is 11.7 Å². The summed E-state index contributed by atoms with van der Waals surface area (Å²) in [5, 5.41) is 3.05. The summed E-state index contributed by atoms with van der Waals surface area (Å²) in [6.07, 6.45) is 1.57. The molecule has 0 unspecified atom stereocenters. The number of fused-ring (bicyclic) bond motifs is 3. The lowest BCUT2D eigenvalue weighted by Crippen LogP contribution is -2.26. The molecule has 0 fully saturated rings. The Hall–Kier alpha value is -2.69. The average Bonchev–Trinajstić information content (AvgIpc) is 2.77. The molecule has 2 aromatic rings. The molecule has 1 radical (unpaired) electrons. The topological polar surface area (TPSA) is 56.8 Å². The van der Waals surface area contributed by atoms with Gasteiger partial charge in [0, 0.05) is 12.5 Å². The Labute approximate surface area is 147 Å². The molecule has 2 aromatic carbocycles. The van der Waals surface area contributed by atoms with Gasteiger partial charge >= 0.3 is 0 Å². The van der Waals surface area contributed by atoms with E-state index < -0.39 is 0 Å². The number of amides is 1. The molecule has 0 bridgehead atoms. The average molecular weight is 340 g/mol. The van der Waals surface area contributed by atoms with Gasteiger partial charge in [0.15, 0.2) is 11.5 Å². The minimum Gasteiger partial charge on any atom is -0.493 e. The van der Waals surface area contributed by atoms with Crippen molar-refractivity contribution >= 4 is 5.91 Å². The number of carbonyl (C=O) groups is 1. The molecule has 0 aliphatic heterocycles. The number of methoxy groups -OCH3 is 3. The van der Waals surface area contributed by atoms with E-state index in [9.17, 15) is 4.79 Å². The van der Waals surface area contributed by atoms with Crippen LogP contribution in [0.25, 0.3) is 11.1 Å². The van der Waals surface area contributed by atoms with E-state index in [2.05, 4.69) is 11.4 Å². The van der Waals surface area contributed by atoms with Crippen molar-refractivity contribution in [2.24, 2.45) is 0 Å². The molecule has 0 spiro atoms. The first-order valence-electron chi connectivity index (χ1n) is 8.20. The summed E-state index contributed by atoms with van der Waals surface area (Å²) in [5.41, 5.74) is 4.14. The van der Waals surface area contributed by atoms with E-state index in [0.29, 0.717) is 17.2 Å². The molecule has 1 N–H and O–H groups in total. The number of hydrogen-bond donors (Lipinski definition) is 1. The second-order valence-corrected chi connectivity index (χ2v) is 5.98. The smallest absolute Gasteiger partial charge is 0.217 e. The van der Waals surface area contributed by atoms with Crippen LogP contribution in [0.15, 0.2) is 24.3 Å². The van der Waals surface area contributed by atoms with Gasteiger partial charge in [-0.3, -0.25) is 4.79 Å². The Bertz CT molecular complexity index is 801. The molecule has 0 saturated heterocycles. The third kappa shape index (κ3) is 3.02. The Morgan fingerprint density at radius 3 is 2.60 bits per heavy atom. The second kappa shape index (κ2) is 7.05. The van der Waals surface area contributed by atoms with Gasteiger partial charge in [-0.1, -0.05) is 12.1 Å². The van der Waals surface area contributed by atoms with Crippen LogP contribution < -0.4 is 19.5 Å². The molecule has 5 nitrogen and oxygen atoms in total. The fourth-order valence-corrected chi connectivity index (χ4v) is 3.51. The quantitative estimate of drug-likeness (QED) is 0.928. The van der Waals surface area contributed by atoms with Gasteiger partial charge in [-0.25, -0.2) is 0 Å². The van der Waals surface area contributed by atoms with Crippen molar-refractivity contribution in [3.63, 3.8) is 0 Å². The first-order chi connectivity index (χ1) is 12.1. The number of carbonyl (C=O) groups excluding carboxylic acids is 1. The molecule has 0 saturated carbocycles. The fraction of sp³-hybridized carbons (Fsp3) is 0.350. The van der Waals surface area contributed by atoms with Crippen molar-refractivity contribution in [2.45, 2.75) is 25.8 Å². The second-order valence-electron chi connectivity index (χ2n) is 5.98. The van der Waals surface area contributed by atoms with Gasteiger partial charge in [0.25, 0.3) is 0 Å². The standard InChI is InChI=1S/C20H22NO4/c1-12(22)21-16-10-9-13-11-17(23-2)19(24-3)20(25-4)18(13)15-8-6-5-7-14(15)16/h6-8,11,16H,9-10H2,1-4H3,(H,21,22)/t16-/m0/s1. The highest BCUT2D eigenvalue weighted by atomic mass is 16.5. The van der Waals surface area contributed by atoms with Gasteiger partial charge in [-0.15, -0.1) is 0 Å². The molecule has 1 atom stereocenters. The Morgan fingerprint density at radius 2 is 1.96 bits per heavy atom. The summed E-state index contributed by atoms with van der Waals surface area (Å²) in [6.45, 7) is 1.54. The van der Waals surface area contributed by atoms with Crippen molar-refractivity contribution in [3.8, 4) is 28.4 Å². The molecular formula is C20H22NO4. The Kier molecular flexibility index (Phi) is 4.83. The summed E-state index contributed by atoms with van der Waals surface area (Å²) in [7, 11) is 4.84. The van der Waals surface area contributed by atoms with Crippen LogP contribution in [-0.2, 0) is 11.2 Å². The fourth-order valence-electron chi connectivity index (χ4n) is 3.51. The number of rotatable bonds is 4. The molecule has 3 rings (SSSR count). The minimum atomic E-state index is -0.0703. The highest BCUT2D eigenvalue weighted by molar-refractivity contribution is 5.83. The largest absolute Gasteiger partial charge is 0.493 e. The van der Waals surface area contributed by atoms with Gasteiger partial charge < -0.3 is 19.5 Å². The first-order valence-corrected chi connectivity index (χ1v) is 8.20. The number of hydrogen-bond acceptors (Lipinski definition) is 4. The van der Waals surface area contributed by atoms with Crippen molar-refractivity contribution in [2.75, 3.05) is 21.3 Å². The maximum atomic E-state index is 11.6. The van der Waals surface area contributed by atoms with Crippen molar-refractivity contribution in [1.82, 2.24) is 5.32 Å². The number of benzene rings is 2. The zero-order valence-electron chi connectivity index (χ0n) is 14.9. The van der Waals surface area contributed by atoms with Gasteiger partial charge in [-0.2, -0.15) is 0 Å². The molecule has 131 valence electrons. The summed E-state index contributed by atoms with van der Waals surface area (Å²) in [6, 6.07) is 10.9. The molecule has 5 heteroatoms. The van der Waals surface area contributed by atoms with Crippen LogP contribution in [0.5, 0.6) is 17.2 Å². The molecule has 0 heterocycles. The first kappa shape index (κ1) is 17.1. The van der Waals surface area contributed by atoms with Crippen LogP contribution >= 0.6 is 0 Å². The third-order valence-corrected chi connectivity index (χ3v) is 4.53. The number of nitrogens with one attached hydrogen (secondary N) is 1. The van der Waals surface area contributed by atoms with Crippen LogP contribution in [0.2, 0.25) is 0 Å². The highest BCUT2D eigenvalue weighted by Gasteiger charge is 2.28. The lowest BCUT2D eigenvalue weighted by molar-refractivity contribution is -0.119. The predicted octanol–water partition coefficient (Wildman–Crippen LogP) is 3.30. The van der Waals surface area contributed by atoms with Crippen molar-refractivity contribution in [3.05, 3.63) is 41.5 Å². The summed E-state index contributed by atoms with van der Waals surface area (Å²) in [5.74, 6) is 1.81. The molecule has 25 heavy (non-hydrogen) atoms. The molecule has 1 aliphatic rings. The van der Waals surface area contributed by atoms with Crippen LogP contribution in [0.1, 0.15) is 30.5 Å². The van der Waals surface area contributed by atoms with Crippen molar-refractivity contribution < 1.29 is 19.0 Å². The van der Waals surface area contributed by atoms with Crippen LogP contribution in [0.4, 0.5) is 0 Å². The SMILES string of the molecule is COc1cc2c(c(OC)c1OC)-c1cc[c]cc1[C@@H](NC(C)=O)CC2. The zero-order chi connectivity index (χ0) is 18.0. The van der Waals surface area contributed by atoms with Crippen LogP contribution in [-0.4, -0.2) is 27.2 Å². The summed E-state index contributed by atoms with van der Waals surface area (Å²) in [4.78, 5) is 11.6. The number of aryl methyl sites for hydroxylation is 1. The van der Waals surface area contributed by atoms with E-state index >= 15 is 0 Å². The van der Waals surface area contributed by atoms with Gasteiger partial charge in [0.1, 0.15) is 0 Å². The normalized spacial score (nSPS) is 15.4. The van der Waals surface area contributed by atoms with E-state index in [0.717, 1.165) is 35.1 Å². The zero-order valence-corrected chi connectivity index (χ0v) is 14.9. The van der Waals surface area contributed by atoms with Crippen molar-refractivity contribution in [1.29, 1.82) is 0 Å². The minimum absolute atomic E-state index is 0.0483. The summed E-state index contributed by atoms with van der Waals surface area (Å²) < 4.78 is 16.7. The Balaban J connectivity index is 2.28. The third-order valence-electron chi connectivity index (χ3n) is 4.53. The summed E-state index contributed by atoms with van der Waals surface area (Å²) >= 11 is 0. The molecule has 1 amide bonds. The lowest BCUT2D eigenvalue weighted by atomic mass is 9.94. The van der Waals surface area contributed by atoms with Gasteiger partial charge in [0.05, 0.1) is 27.4 Å². The van der Waals surface area contributed by atoms with Crippen LogP contribution in [0, 0.1) is 6.07 Å². The predicted molar refractivity (Wildman–Crippen MR) is 95.2 cm³/mol. The van der Waals surface area contributed by atoms with E-state index in [1.165, 1.54) is 6.92 Å². The monoisotopic (exact) mass is 340 g/mol. The highest BCUT2D eigenvalue weighted by Crippen LogP contribution is 2.50. The lowest BCUT2D eigenvalue weighted by Gasteiger charge is -2.20.